The van der Waals surface area contributed by atoms with Crippen LogP contribution >= 0.6 is 0 Å². The molecule has 0 fully saturated rings. The normalized spacial score (nSPS) is 10.1. The van der Waals surface area contributed by atoms with E-state index in [2.05, 4.69) is 15.5 Å². The summed E-state index contributed by atoms with van der Waals surface area (Å²) in [5, 5.41) is 3.57. The van der Waals surface area contributed by atoms with Crippen molar-refractivity contribution in [2.45, 2.75) is 6.92 Å². The van der Waals surface area contributed by atoms with Gasteiger partial charge in [-0.15, -0.1) is 5.10 Å². The minimum absolute atomic E-state index is 0.289. The number of amides is 1. The monoisotopic (exact) mass is 193 g/mol. The van der Waals surface area contributed by atoms with Crippen LogP contribution in [0, 0.1) is 0 Å². The van der Waals surface area contributed by atoms with E-state index in [1.807, 2.05) is 6.92 Å². The molecule has 1 amide bonds. The molecule has 1 aromatic rings. The molecule has 0 saturated carbocycles. The van der Waals surface area contributed by atoms with E-state index in [9.17, 15) is 4.79 Å². The first-order valence-corrected chi connectivity index (χ1v) is 4.18. The lowest BCUT2D eigenvalue weighted by Gasteiger charge is -1.97. The molecule has 0 aliphatic carbocycles. The Morgan fingerprint density at radius 3 is 3.00 bits per heavy atom. The summed E-state index contributed by atoms with van der Waals surface area (Å²) in [6, 6.07) is 3.21. The third-order valence-corrected chi connectivity index (χ3v) is 1.40. The first kappa shape index (κ1) is 10.2. The molecule has 0 unspecified atom stereocenters. The van der Waals surface area contributed by atoms with Crippen molar-refractivity contribution in [1.29, 1.82) is 0 Å². The van der Waals surface area contributed by atoms with E-state index in [-0.39, 0.29) is 5.91 Å². The first-order chi connectivity index (χ1) is 6.84. The summed E-state index contributed by atoms with van der Waals surface area (Å²) in [5.74, 6) is -0.289. The fourth-order valence-corrected chi connectivity index (χ4v) is 0.765. The van der Waals surface area contributed by atoms with E-state index in [1.165, 1.54) is 6.40 Å². The third-order valence-electron chi connectivity index (χ3n) is 1.40. The summed E-state index contributed by atoms with van der Waals surface area (Å²) in [7, 11) is 0. The fraction of sp³-hybridized carbons (Fsp3) is 0.222. The Morgan fingerprint density at radius 1 is 1.64 bits per heavy atom. The molecule has 0 bridgehead atoms. The second kappa shape index (κ2) is 5.69. The Kier molecular flexibility index (Phi) is 4.13. The maximum Gasteiger partial charge on any atom is 0.271 e. The number of hydrogen-bond donors (Lipinski definition) is 1. The number of rotatable bonds is 4. The van der Waals surface area contributed by atoms with Crippen LogP contribution in [0.4, 0.5) is 0 Å². The summed E-state index contributed by atoms with van der Waals surface area (Å²) in [4.78, 5) is 15.1. The molecule has 0 spiro atoms. The van der Waals surface area contributed by atoms with Crippen LogP contribution in [-0.4, -0.2) is 23.9 Å². The van der Waals surface area contributed by atoms with Crippen LogP contribution in [0.1, 0.15) is 17.3 Å². The largest absolute Gasteiger partial charge is 0.482 e. The number of aromatic nitrogens is 1. The van der Waals surface area contributed by atoms with Crippen molar-refractivity contribution in [3.63, 3.8) is 0 Å². The van der Waals surface area contributed by atoms with Gasteiger partial charge in [0.1, 0.15) is 0 Å². The van der Waals surface area contributed by atoms with Crippen molar-refractivity contribution in [3.8, 4) is 0 Å². The quantitative estimate of drug-likeness (QED) is 0.437. The van der Waals surface area contributed by atoms with E-state index in [1.54, 1.807) is 24.5 Å². The van der Waals surface area contributed by atoms with Gasteiger partial charge >= 0.3 is 0 Å². The van der Waals surface area contributed by atoms with Crippen molar-refractivity contribution in [2.24, 2.45) is 5.10 Å². The lowest BCUT2D eigenvalue weighted by atomic mass is 10.3. The minimum atomic E-state index is -0.289. The van der Waals surface area contributed by atoms with Crippen LogP contribution in [0.5, 0.6) is 0 Å². The molecule has 5 heteroatoms. The topological polar surface area (TPSA) is 63.6 Å². The van der Waals surface area contributed by atoms with Crippen LogP contribution in [-0.2, 0) is 4.74 Å². The third kappa shape index (κ3) is 3.22. The number of carbonyl (C=O) groups is 1. The molecule has 1 N–H and O–H groups in total. The number of nitrogens with zero attached hydrogens (tertiary/aromatic N) is 2. The molecular formula is C9H11N3O2. The minimum Gasteiger partial charge on any atom is -0.482 e. The van der Waals surface area contributed by atoms with E-state index in [4.69, 9.17) is 4.74 Å². The molecule has 14 heavy (non-hydrogen) atoms. The predicted octanol–water partition coefficient (Wildman–Crippen LogP) is 0.791. The molecule has 1 rings (SSSR count). The number of hydrogen-bond acceptors (Lipinski definition) is 4. The highest BCUT2D eigenvalue weighted by Crippen LogP contribution is 1.94. The lowest BCUT2D eigenvalue weighted by molar-refractivity contribution is 0.0953. The predicted molar refractivity (Wildman–Crippen MR) is 51.8 cm³/mol. The van der Waals surface area contributed by atoms with E-state index < -0.39 is 0 Å². The van der Waals surface area contributed by atoms with Gasteiger partial charge in [-0.05, 0) is 19.1 Å². The van der Waals surface area contributed by atoms with Gasteiger partial charge in [-0.2, -0.15) is 0 Å². The maximum atomic E-state index is 11.3. The Balaban J connectivity index is 2.44. The number of hydrazone groups is 1. The van der Waals surface area contributed by atoms with Crippen LogP contribution in [0.2, 0.25) is 0 Å². The van der Waals surface area contributed by atoms with Crippen LogP contribution in [0.25, 0.3) is 0 Å². The van der Waals surface area contributed by atoms with Gasteiger partial charge in [0.05, 0.1) is 6.61 Å². The highest BCUT2D eigenvalue weighted by molar-refractivity contribution is 5.93. The van der Waals surface area contributed by atoms with Gasteiger partial charge < -0.3 is 4.74 Å². The molecule has 0 aliphatic rings. The summed E-state index contributed by atoms with van der Waals surface area (Å²) >= 11 is 0. The van der Waals surface area contributed by atoms with E-state index in [0.29, 0.717) is 12.2 Å². The molecule has 0 aliphatic heterocycles. The van der Waals surface area contributed by atoms with Gasteiger partial charge in [-0.3, -0.25) is 9.78 Å². The number of ether oxygens (including phenoxy) is 1. The van der Waals surface area contributed by atoms with Crippen molar-refractivity contribution < 1.29 is 9.53 Å². The lowest BCUT2D eigenvalue weighted by Crippen LogP contribution is -2.17. The summed E-state index contributed by atoms with van der Waals surface area (Å²) < 4.78 is 4.80. The van der Waals surface area contributed by atoms with Crippen LogP contribution in [0.15, 0.2) is 29.6 Å². The van der Waals surface area contributed by atoms with Gasteiger partial charge in [-0.25, -0.2) is 5.43 Å². The van der Waals surface area contributed by atoms with Crippen molar-refractivity contribution in [2.75, 3.05) is 6.61 Å². The van der Waals surface area contributed by atoms with Gasteiger partial charge in [0.25, 0.3) is 5.91 Å². The summed E-state index contributed by atoms with van der Waals surface area (Å²) in [6.45, 7) is 2.35. The van der Waals surface area contributed by atoms with Crippen LogP contribution < -0.4 is 5.43 Å². The Labute approximate surface area is 81.8 Å². The van der Waals surface area contributed by atoms with Crippen molar-refractivity contribution in [1.82, 2.24) is 10.4 Å². The van der Waals surface area contributed by atoms with Gasteiger partial charge in [0, 0.05) is 18.0 Å². The Bertz CT molecular complexity index is 311. The smallest absolute Gasteiger partial charge is 0.271 e. The molecular weight excluding hydrogens is 182 g/mol. The average Bonchev–Trinajstić information content (AvgIpc) is 2.25. The zero-order valence-electron chi connectivity index (χ0n) is 7.80. The van der Waals surface area contributed by atoms with Gasteiger partial charge in [-0.1, -0.05) is 0 Å². The number of nitrogens with one attached hydrogen (secondary N) is 1. The fourth-order valence-electron chi connectivity index (χ4n) is 0.765. The van der Waals surface area contributed by atoms with E-state index in [0.717, 1.165) is 0 Å². The highest BCUT2D eigenvalue weighted by atomic mass is 16.5. The summed E-state index contributed by atoms with van der Waals surface area (Å²) in [6.07, 6.45) is 4.28. The maximum absolute atomic E-state index is 11.3. The number of pyridine rings is 1. The summed E-state index contributed by atoms with van der Waals surface area (Å²) in [5.41, 5.74) is 2.82. The second-order valence-electron chi connectivity index (χ2n) is 2.37. The Hall–Kier alpha value is -1.91. The SMILES string of the molecule is CCO/C=N\NC(=O)c1ccncc1. The Morgan fingerprint density at radius 2 is 2.36 bits per heavy atom. The standard InChI is InChI=1S/C9H11N3O2/c1-2-14-7-11-12-9(13)8-3-5-10-6-4-8/h3-7H,2H2,1H3,(H,12,13)/b11-7-. The van der Waals surface area contributed by atoms with E-state index >= 15 is 0 Å². The molecule has 0 aromatic carbocycles. The first-order valence-electron chi connectivity index (χ1n) is 4.18. The van der Waals surface area contributed by atoms with Crippen molar-refractivity contribution in [3.05, 3.63) is 30.1 Å². The zero-order chi connectivity index (χ0) is 10.2. The number of carbonyl (C=O) groups excluding carboxylic acids is 1. The second-order valence-corrected chi connectivity index (χ2v) is 2.37. The highest BCUT2D eigenvalue weighted by Gasteiger charge is 2.01. The van der Waals surface area contributed by atoms with Gasteiger partial charge in [0.15, 0.2) is 6.40 Å². The molecule has 0 radical (unpaired) electrons. The molecule has 1 heterocycles. The van der Waals surface area contributed by atoms with Gasteiger partial charge in [0.2, 0.25) is 0 Å². The zero-order valence-corrected chi connectivity index (χ0v) is 7.80. The van der Waals surface area contributed by atoms with Crippen molar-refractivity contribution >= 4 is 12.3 Å². The molecule has 0 atom stereocenters. The molecule has 74 valence electrons. The average molecular weight is 193 g/mol. The van der Waals surface area contributed by atoms with Crippen LogP contribution in [0.3, 0.4) is 0 Å². The molecule has 1 aromatic heterocycles. The molecule has 0 saturated heterocycles. The molecule has 5 nitrogen and oxygen atoms in total.